The van der Waals surface area contributed by atoms with Crippen LogP contribution in [0.3, 0.4) is 0 Å². The minimum absolute atomic E-state index is 0. The van der Waals surface area contributed by atoms with E-state index in [0.717, 1.165) is 58.7 Å². The zero-order chi connectivity index (χ0) is 36.8. The van der Waals surface area contributed by atoms with E-state index in [0.29, 0.717) is 39.8 Å². The van der Waals surface area contributed by atoms with Crippen molar-refractivity contribution in [2.45, 2.75) is 31.7 Å². The Morgan fingerprint density at radius 2 is 1.75 bits per heavy atom. The summed E-state index contributed by atoms with van der Waals surface area (Å²) in [6.07, 6.45) is 1.44. The summed E-state index contributed by atoms with van der Waals surface area (Å²) in [5, 5.41) is 6.16. The van der Waals surface area contributed by atoms with Gasteiger partial charge in [-0.2, -0.15) is 12.8 Å². The molecular formula is C37H33Cl2F2MnN7O4. The van der Waals surface area contributed by atoms with E-state index >= 15 is 0 Å². The van der Waals surface area contributed by atoms with Gasteiger partial charge in [0.1, 0.15) is 16.9 Å². The minimum atomic E-state index is -2.97. The molecule has 0 unspecified atom stereocenters. The molecule has 1 aliphatic carbocycles. The van der Waals surface area contributed by atoms with E-state index in [1.54, 1.807) is 31.7 Å². The maximum atomic E-state index is 13.9. The average Bonchev–Trinajstić information content (AvgIpc) is 3.80. The Labute approximate surface area is 323 Å². The summed E-state index contributed by atoms with van der Waals surface area (Å²) in [4.78, 5) is 47.9. The zero-order valence-electron chi connectivity index (χ0n) is 28.8. The number of nitrogens with zero attached hydrogens (tertiary/aromatic N) is 5. The first-order valence-corrected chi connectivity index (χ1v) is 17.3. The van der Waals surface area contributed by atoms with Crippen molar-refractivity contribution in [3.8, 4) is 28.3 Å². The predicted octanol–water partition coefficient (Wildman–Crippen LogP) is 6.28. The van der Waals surface area contributed by atoms with E-state index in [1.165, 1.54) is 20.0 Å². The van der Waals surface area contributed by atoms with Crippen LogP contribution in [0.5, 0.6) is 5.88 Å². The molecule has 275 valence electrons. The monoisotopic (exact) mass is 802 g/mol. The number of aryl methyl sites for hydroxylation is 2. The first kappa shape index (κ1) is 38.4. The summed E-state index contributed by atoms with van der Waals surface area (Å²) in [5.41, 5.74) is 2.90. The van der Waals surface area contributed by atoms with Gasteiger partial charge in [-0.1, -0.05) is 53.5 Å². The number of amides is 1. The number of benzene rings is 2. The molecule has 7 rings (SSSR count). The second kappa shape index (κ2) is 15.6. The van der Waals surface area contributed by atoms with Gasteiger partial charge in [0.2, 0.25) is 5.88 Å². The Kier molecular flexibility index (Phi) is 11.3. The van der Waals surface area contributed by atoms with E-state index in [2.05, 4.69) is 20.5 Å². The van der Waals surface area contributed by atoms with Crippen molar-refractivity contribution in [1.29, 1.82) is 0 Å². The summed E-state index contributed by atoms with van der Waals surface area (Å²) in [6, 6.07) is 13.9. The van der Waals surface area contributed by atoms with E-state index in [4.69, 9.17) is 32.9 Å². The Hall–Kier alpha value is -4.33. The summed E-state index contributed by atoms with van der Waals surface area (Å²) in [7, 11) is 4.31. The summed E-state index contributed by atoms with van der Waals surface area (Å²) in [6.45, 7) is 2.19. The van der Waals surface area contributed by atoms with Gasteiger partial charge in [0.15, 0.2) is 0 Å². The Morgan fingerprint density at radius 3 is 2.47 bits per heavy atom. The van der Waals surface area contributed by atoms with Crippen LogP contribution in [-0.4, -0.2) is 57.2 Å². The maximum absolute atomic E-state index is 13.9. The molecule has 1 amide bonds. The summed E-state index contributed by atoms with van der Waals surface area (Å²) in [5.74, 6) is 1.61. The molecule has 0 bridgehead atoms. The average molecular weight is 804 g/mol. The number of likely N-dealkylation sites (tertiary alicyclic amines) is 1. The maximum Gasteiger partial charge on any atom is 2.00 e. The fourth-order valence-electron chi connectivity index (χ4n) is 7.27. The number of carbonyl (C=O) groups excluding carboxylic acids is 1. The normalized spacial score (nSPS) is 15.8. The van der Waals surface area contributed by atoms with Gasteiger partial charge in [-0.3, -0.25) is 19.8 Å². The molecule has 3 aromatic heterocycles. The van der Waals surface area contributed by atoms with Crippen LogP contribution >= 0.6 is 23.2 Å². The minimum Gasteiger partial charge on any atom is -0.554 e. The Morgan fingerprint density at radius 1 is 1.04 bits per heavy atom. The van der Waals surface area contributed by atoms with E-state index in [1.807, 2.05) is 24.3 Å². The number of anilines is 2. The number of alkyl halides is 2. The number of nitrogens with one attached hydrogen (secondary N) is 2. The van der Waals surface area contributed by atoms with E-state index in [-0.39, 0.29) is 50.5 Å². The van der Waals surface area contributed by atoms with Crippen LogP contribution in [-0.2, 0) is 42.4 Å². The third kappa shape index (κ3) is 6.94. The molecule has 2 N–H and O–H groups in total. The molecule has 1 aliphatic heterocycles. The number of hydrogen-bond donors (Lipinski definition) is 2. The number of fused-ring (bicyclic) bond motifs is 2. The third-order valence-electron chi connectivity index (χ3n) is 9.87. The van der Waals surface area contributed by atoms with Gasteiger partial charge < -0.3 is 25.1 Å². The third-order valence-corrected chi connectivity index (χ3v) is 10.7. The molecule has 11 nitrogen and oxygen atoms in total. The zero-order valence-corrected chi connectivity index (χ0v) is 31.5. The topological polar surface area (TPSA) is 123 Å². The Balaban J connectivity index is 0.00000481. The second-order valence-electron chi connectivity index (χ2n) is 12.8. The fraction of sp³-hybridized carbons (Fsp3) is 0.297. The van der Waals surface area contributed by atoms with Crippen molar-refractivity contribution in [3.63, 3.8) is 0 Å². The molecule has 2 aliphatic rings. The number of rotatable bonds is 10. The number of halogens is 4. The summed E-state index contributed by atoms with van der Waals surface area (Å²) < 4.78 is 35.8. The number of pyridine rings is 2. The fourth-order valence-corrected chi connectivity index (χ4v) is 7.87. The van der Waals surface area contributed by atoms with Gasteiger partial charge in [-0.05, 0) is 43.1 Å². The molecular weight excluding hydrogens is 770 g/mol. The van der Waals surface area contributed by atoms with Crippen molar-refractivity contribution in [1.82, 2.24) is 29.3 Å². The Bertz CT molecular complexity index is 2360. The van der Waals surface area contributed by atoms with Crippen LogP contribution in [0.1, 0.15) is 42.1 Å². The number of aromatic nitrogens is 4. The molecule has 4 heterocycles. The second-order valence-corrected chi connectivity index (χ2v) is 13.6. The molecule has 0 spiro atoms. The predicted molar refractivity (Wildman–Crippen MR) is 196 cm³/mol. The molecule has 53 heavy (non-hydrogen) atoms. The van der Waals surface area contributed by atoms with Crippen molar-refractivity contribution >= 4 is 52.0 Å². The number of ether oxygens (including phenoxy) is 1. The molecule has 1 saturated heterocycles. The van der Waals surface area contributed by atoms with Gasteiger partial charge in [0, 0.05) is 42.4 Å². The molecule has 5 aromatic rings. The van der Waals surface area contributed by atoms with Gasteiger partial charge in [-0.15, -0.1) is 13.1 Å². The molecule has 0 saturated carbocycles. The molecule has 2 aromatic carbocycles. The van der Waals surface area contributed by atoms with Gasteiger partial charge >= 0.3 is 22.8 Å². The first-order chi connectivity index (χ1) is 25.0. The molecule has 16 heteroatoms. The van der Waals surface area contributed by atoms with Crippen molar-refractivity contribution in [3.05, 3.63) is 102 Å². The smallest absolute Gasteiger partial charge is 0.554 e. The number of methoxy groups -OCH3 is 1. The van der Waals surface area contributed by atoms with Gasteiger partial charge in [-0.25, -0.2) is 23.5 Å². The summed E-state index contributed by atoms with van der Waals surface area (Å²) >= 11 is 14.1. The van der Waals surface area contributed by atoms with Crippen LogP contribution in [0, 0.1) is 5.92 Å². The van der Waals surface area contributed by atoms with Crippen LogP contribution in [0.25, 0.3) is 33.3 Å². The number of hydrogen-bond acceptors (Lipinski definition) is 8. The largest absolute Gasteiger partial charge is 2.00 e. The van der Waals surface area contributed by atoms with Crippen molar-refractivity contribution in [2.24, 2.45) is 14.1 Å². The quantitative estimate of drug-likeness (QED) is 0.0962. The van der Waals surface area contributed by atoms with Crippen LogP contribution in [0.15, 0.2) is 58.1 Å². The molecule has 1 fully saturated rings. The van der Waals surface area contributed by atoms with Gasteiger partial charge in [0.05, 0.1) is 34.1 Å². The van der Waals surface area contributed by atoms with Gasteiger partial charge in [0.25, 0.3) is 12.0 Å². The van der Waals surface area contributed by atoms with Crippen LogP contribution in [0.2, 0.25) is 10.0 Å². The van der Waals surface area contributed by atoms with Crippen LogP contribution in [0.4, 0.5) is 20.3 Å². The van der Waals surface area contributed by atoms with Crippen molar-refractivity contribution in [2.75, 3.05) is 32.1 Å². The molecule has 1 radical (unpaired) electrons. The van der Waals surface area contributed by atoms with Crippen molar-refractivity contribution < 1.29 is 35.4 Å². The SMILES string of the molecule is COc1nc(-c2cccc(-c3cccc(Nc4nc(C(F)F)cc5c4c(=O)n(C)c(=O)n5C)c3Cl)c2Cl)cc2c1[C@@H](N1CC[C-](CN[C-]=O)C1)CC2.[Mn+2]. The molecule has 1 atom stereocenters. The first-order valence-electron chi connectivity index (χ1n) is 16.5. The standard InChI is InChI=1S/C37H33Cl2F2N7O4.Mn/c1-46-28-15-26(33(40)41)44-34(30(28)36(50)47(2)37(46)51)43-24-9-5-7-22(32(24)39)21-6-4-8-23(31(21)38)25-14-20-10-11-27(29(20)35(45-25)52-3)48-13-12-19(17-48)16-42-18-49;/h4-9,14-15,27,33H,10-13,16-17H2,1-3H3,(H,42,49)(H,43,44);/q-2;+2/t27-;/m0./s1. The van der Waals surface area contributed by atoms with Crippen LogP contribution < -0.4 is 26.6 Å². The van der Waals surface area contributed by atoms with E-state index in [9.17, 15) is 23.2 Å². The van der Waals surface area contributed by atoms with E-state index < -0.39 is 23.4 Å².